The molecule has 3 nitrogen and oxygen atoms in total. The topological polar surface area (TPSA) is 42.0 Å². The Hall–Kier alpha value is -2.82. The van der Waals surface area contributed by atoms with Crippen LogP contribution in [0.15, 0.2) is 43.1 Å². The van der Waals surface area contributed by atoms with Crippen molar-refractivity contribution in [2.24, 2.45) is 0 Å². The summed E-state index contributed by atoms with van der Waals surface area (Å²) in [4.78, 5) is 15.7. The number of benzene rings is 1. The molecule has 0 fully saturated rings. The second-order valence-electron chi connectivity index (χ2n) is 5.60. The van der Waals surface area contributed by atoms with Crippen molar-refractivity contribution in [3.63, 3.8) is 0 Å². The minimum atomic E-state index is -1.11. The van der Waals surface area contributed by atoms with Crippen LogP contribution in [-0.4, -0.2) is 10.9 Å². The number of hydrogen-bond donors (Lipinski definition) is 1. The minimum Gasteiger partial charge on any atom is -0.320 e. The summed E-state index contributed by atoms with van der Waals surface area (Å²) in [5.74, 6) is -2.76. The molecule has 1 heterocycles. The predicted octanol–water partition coefficient (Wildman–Crippen LogP) is 5.27. The van der Waals surface area contributed by atoms with Crippen molar-refractivity contribution >= 4 is 17.7 Å². The second-order valence-corrected chi connectivity index (χ2v) is 5.60. The number of carbonyl (C=O) groups excluding carboxylic acids is 1. The number of carbonyl (C=O) groups is 1. The van der Waals surface area contributed by atoms with Gasteiger partial charge < -0.3 is 5.32 Å². The first kappa shape index (κ1) is 18.5. The summed E-state index contributed by atoms with van der Waals surface area (Å²) in [6.45, 7) is 7.28. The molecule has 2 aromatic rings. The van der Waals surface area contributed by atoms with Crippen molar-refractivity contribution < 1.29 is 13.6 Å². The first-order valence-corrected chi connectivity index (χ1v) is 8.02. The average Bonchev–Trinajstić information content (AvgIpc) is 2.60. The Labute approximate surface area is 146 Å². The van der Waals surface area contributed by atoms with Gasteiger partial charge in [0.05, 0.1) is 5.69 Å². The van der Waals surface area contributed by atoms with Crippen LogP contribution >= 0.6 is 0 Å². The third-order valence-corrected chi connectivity index (χ3v) is 3.68. The number of unbranched alkanes of at least 4 members (excludes halogenated alkanes) is 1. The van der Waals surface area contributed by atoms with E-state index in [2.05, 4.69) is 29.9 Å². The second kappa shape index (κ2) is 8.33. The molecule has 5 heteroatoms. The van der Waals surface area contributed by atoms with Gasteiger partial charge in [0.1, 0.15) is 0 Å². The Bertz CT molecular complexity index is 829. The van der Waals surface area contributed by atoms with Crippen LogP contribution < -0.4 is 5.32 Å². The first-order valence-electron chi connectivity index (χ1n) is 8.02. The summed E-state index contributed by atoms with van der Waals surface area (Å²) in [6.07, 6.45) is 8.60. The first-order chi connectivity index (χ1) is 12.0. The van der Waals surface area contributed by atoms with Crippen LogP contribution in [0.1, 0.15) is 31.0 Å². The summed E-state index contributed by atoms with van der Waals surface area (Å²) in [5.41, 5.74) is 2.58. The fourth-order valence-electron chi connectivity index (χ4n) is 2.28. The van der Waals surface area contributed by atoms with Crippen LogP contribution in [0, 0.1) is 18.6 Å². The third kappa shape index (κ3) is 4.59. The van der Waals surface area contributed by atoms with Gasteiger partial charge in [-0.1, -0.05) is 32.1 Å². The van der Waals surface area contributed by atoms with E-state index in [1.54, 1.807) is 6.20 Å². The molecule has 0 bridgehead atoms. The van der Waals surface area contributed by atoms with Crippen molar-refractivity contribution in [2.75, 3.05) is 5.32 Å². The highest BCUT2D eigenvalue weighted by molar-refractivity contribution is 5.99. The fraction of sp³-hybridized carbons (Fsp3) is 0.200. The number of aryl methyl sites for hydroxylation is 1. The number of aromatic nitrogens is 1. The average molecular weight is 342 g/mol. The molecule has 1 aromatic carbocycles. The Morgan fingerprint density at radius 2 is 2.04 bits per heavy atom. The Morgan fingerprint density at radius 1 is 1.28 bits per heavy atom. The predicted molar refractivity (Wildman–Crippen MR) is 97.1 cm³/mol. The maximum Gasteiger partial charge on any atom is 0.247 e. The molecule has 0 aliphatic heterocycles. The standard InChI is InChI=1S/C20H20F2N2O/c1-4-6-7-8-14-9-16(12-23-13(14)3)15-10-17(21)20(22)18(11-15)24-19(25)5-2/h5,7-12H,2,4,6H2,1,3H3,(H,24,25)/b8-7-. The molecule has 130 valence electrons. The number of allylic oxidation sites excluding steroid dienone is 1. The van der Waals surface area contributed by atoms with E-state index in [0.717, 1.165) is 36.2 Å². The van der Waals surface area contributed by atoms with E-state index in [-0.39, 0.29) is 5.69 Å². The number of pyridine rings is 1. The summed E-state index contributed by atoms with van der Waals surface area (Å²) in [6, 6.07) is 4.33. The Morgan fingerprint density at radius 3 is 2.72 bits per heavy atom. The van der Waals surface area contributed by atoms with E-state index >= 15 is 0 Å². The monoisotopic (exact) mass is 342 g/mol. The van der Waals surface area contributed by atoms with E-state index in [4.69, 9.17) is 0 Å². The van der Waals surface area contributed by atoms with Crippen LogP contribution in [0.5, 0.6) is 0 Å². The molecule has 0 spiro atoms. The van der Waals surface area contributed by atoms with Crippen LogP contribution in [0.25, 0.3) is 17.2 Å². The number of halogens is 2. The number of nitrogens with one attached hydrogen (secondary N) is 1. The van der Waals surface area contributed by atoms with E-state index < -0.39 is 17.5 Å². The summed E-state index contributed by atoms with van der Waals surface area (Å²) < 4.78 is 27.8. The van der Waals surface area contributed by atoms with Crippen molar-refractivity contribution in [3.05, 3.63) is 66.0 Å². The van der Waals surface area contributed by atoms with E-state index in [1.807, 2.05) is 19.1 Å². The van der Waals surface area contributed by atoms with Crippen molar-refractivity contribution in [1.29, 1.82) is 0 Å². The Kier molecular flexibility index (Phi) is 6.17. The largest absolute Gasteiger partial charge is 0.320 e. The quantitative estimate of drug-likeness (QED) is 0.726. The maximum atomic E-state index is 13.9. The van der Waals surface area contributed by atoms with E-state index in [1.165, 1.54) is 6.07 Å². The highest BCUT2D eigenvalue weighted by atomic mass is 19.2. The van der Waals surface area contributed by atoms with E-state index in [9.17, 15) is 13.6 Å². The van der Waals surface area contributed by atoms with Gasteiger partial charge in [-0.15, -0.1) is 0 Å². The van der Waals surface area contributed by atoms with Crippen molar-refractivity contribution in [3.8, 4) is 11.1 Å². The molecule has 1 aromatic heterocycles. The van der Waals surface area contributed by atoms with Crippen molar-refractivity contribution in [2.45, 2.75) is 26.7 Å². The normalized spacial score (nSPS) is 10.9. The lowest BCUT2D eigenvalue weighted by molar-refractivity contribution is -0.111. The molecule has 25 heavy (non-hydrogen) atoms. The lowest BCUT2D eigenvalue weighted by atomic mass is 10.0. The smallest absolute Gasteiger partial charge is 0.247 e. The van der Waals surface area contributed by atoms with Gasteiger partial charge in [0.15, 0.2) is 11.6 Å². The van der Waals surface area contributed by atoms with Gasteiger partial charge in [0.25, 0.3) is 0 Å². The molecule has 0 saturated heterocycles. The number of rotatable bonds is 6. The maximum absolute atomic E-state index is 13.9. The molecule has 2 rings (SSSR count). The summed E-state index contributed by atoms with van der Waals surface area (Å²) >= 11 is 0. The van der Waals surface area contributed by atoms with Gasteiger partial charge in [-0.25, -0.2) is 8.78 Å². The Balaban J connectivity index is 2.46. The SMILES string of the molecule is C=CC(=O)Nc1cc(-c2cnc(C)c(/C=C\CCC)c2)cc(F)c1F. The van der Waals surface area contributed by atoms with Crippen LogP contribution in [-0.2, 0) is 4.79 Å². The molecular formula is C20H20F2N2O. The zero-order valence-electron chi connectivity index (χ0n) is 14.3. The molecule has 0 radical (unpaired) electrons. The fourth-order valence-corrected chi connectivity index (χ4v) is 2.28. The molecular weight excluding hydrogens is 322 g/mol. The lowest BCUT2D eigenvalue weighted by Gasteiger charge is -2.10. The van der Waals surface area contributed by atoms with Crippen LogP contribution in [0.3, 0.4) is 0 Å². The number of hydrogen-bond acceptors (Lipinski definition) is 2. The van der Waals surface area contributed by atoms with Gasteiger partial charge in [-0.2, -0.15) is 0 Å². The number of amides is 1. The molecule has 1 amide bonds. The number of nitrogens with zero attached hydrogens (tertiary/aromatic N) is 1. The zero-order valence-corrected chi connectivity index (χ0v) is 14.3. The molecule has 0 atom stereocenters. The highest BCUT2D eigenvalue weighted by Crippen LogP contribution is 2.28. The summed E-state index contributed by atoms with van der Waals surface area (Å²) in [5, 5.41) is 2.27. The molecule has 0 saturated carbocycles. The third-order valence-electron chi connectivity index (χ3n) is 3.68. The van der Waals surface area contributed by atoms with Gasteiger partial charge in [-0.3, -0.25) is 9.78 Å². The van der Waals surface area contributed by atoms with Crippen LogP contribution in [0.4, 0.5) is 14.5 Å². The molecule has 0 aliphatic carbocycles. The molecule has 0 unspecified atom stereocenters. The van der Waals surface area contributed by atoms with Crippen LogP contribution in [0.2, 0.25) is 0 Å². The van der Waals surface area contributed by atoms with Crippen molar-refractivity contribution in [1.82, 2.24) is 4.98 Å². The summed E-state index contributed by atoms with van der Waals surface area (Å²) in [7, 11) is 0. The lowest BCUT2D eigenvalue weighted by Crippen LogP contribution is -2.10. The minimum absolute atomic E-state index is 0.233. The van der Waals surface area contributed by atoms with Gasteiger partial charge in [-0.05, 0) is 48.7 Å². The zero-order chi connectivity index (χ0) is 18.4. The van der Waals surface area contributed by atoms with E-state index in [0.29, 0.717) is 11.1 Å². The molecule has 1 N–H and O–H groups in total. The highest BCUT2D eigenvalue weighted by Gasteiger charge is 2.14. The van der Waals surface area contributed by atoms with Gasteiger partial charge in [0.2, 0.25) is 5.91 Å². The van der Waals surface area contributed by atoms with Gasteiger partial charge in [0, 0.05) is 17.5 Å². The number of anilines is 1. The molecule has 0 aliphatic rings. The van der Waals surface area contributed by atoms with Gasteiger partial charge >= 0.3 is 0 Å².